The van der Waals surface area contributed by atoms with Gasteiger partial charge >= 0.3 is 0 Å². The summed E-state index contributed by atoms with van der Waals surface area (Å²) >= 11 is 0. The number of nitrogens with one attached hydrogen (secondary N) is 1. The second-order valence-corrected chi connectivity index (χ2v) is 4.60. The summed E-state index contributed by atoms with van der Waals surface area (Å²) in [6.45, 7) is 3.11. The summed E-state index contributed by atoms with van der Waals surface area (Å²) in [5, 5.41) is 3.23. The number of hydrogen-bond acceptors (Lipinski definition) is 1. The van der Waals surface area contributed by atoms with Crippen molar-refractivity contribution in [2.45, 2.75) is 44.8 Å². The maximum atomic E-state index is 14.2. The molecule has 0 aliphatic carbocycles. The lowest BCUT2D eigenvalue weighted by Gasteiger charge is -2.17. The van der Waals surface area contributed by atoms with Crippen LogP contribution in [0.2, 0.25) is 0 Å². The topological polar surface area (TPSA) is 12.0 Å². The van der Waals surface area contributed by atoms with E-state index in [1.807, 2.05) is 18.2 Å². The van der Waals surface area contributed by atoms with Gasteiger partial charge in [-0.15, -0.1) is 0 Å². The van der Waals surface area contributed by atoms with Gasteiger partial charge in [-0.1, -0.05) is 37.6 Å². The van der Waals surface area contributed by atoms with Crippen LogP contribution in [0.5, 0.6) is 0 Å². The third kappa shape index (κ3) is 2.62. The highest BCUT2D eigenvalue weighted by molar-refractivity contribution is 5.26. The molecule has 0 amide bonds. The molecule has 1 N–H and O–H groups in total. The zero-order valence-electron chi connectivity index (χ0n) is 9.88. The molecule has 1 aromatic carbocycles. The van der Waals surface area contributed by atoms with Crippen molar-refractivity contribution >= 4 is 0 Å². The largest absolute Gasteiger partial charge is 0.311 e. The molecule has 2 atom stereocenters. The Morgan fingerprint density at radius 2 is 2.38 bits per heavy atom. The Morgan fingerprint density at radius 3 is 3.06 bits per heavy atom. The van der Waals surface area contributed by atoms with Gasteiger partial charge in [-0.2, -0.15) is 0 Å². The highest BCUT2D eigenvalue weighted by atomic mass is 19.1. The average molecular weight is 221 g/mol. The number of aryl methyl sites for hydroxylation is 1. The van der Waals surface area contributed by atoms with E-state index in [9.17, 15) is 4.39 Å². The van der Waals surface area contributed by atoms with Gasteiger partial charge in [0.25, 0.3) is 0 Å². The van der Waals surface area contributed by atoms with E-state index >= 15 is 0 Å². The molecule has 1 fully saturated rings. The molecule has 1 aromatic rings. The summed E-state index contributed by atoms with van der Waals surface area (Å²) in [7, 11) is 0. The maximum Gasteiger partial charge on any atom is 0.140 e. The summed E-state index contributed by atoms with van der Waals surface area (Å²) in [5.74, 6) is 0. The molecular formula is C14H20FN. The van der Waals surface area contributed by atoms with Crippen LogP contribution in [0.1, 0.15) is 43.5 Å². The molecule has 0 spiro atoms. The Bertz CT molecular complexity index is 331. The van der Waals surface area contributed by atoms with E-state index in [0.29, 0.717) is 0 Å². The fraction of sp³-hybridized carbons (Fsp3) is 0.571. The van der Waals surface area contributed by atoms with E-state index in [2.05, 4.69) is 18.3 Å². The maximum absolute atomic E-state index is 14.2. The molecule has 1 aliphatic rings. The molecule has 0 saturated carbocycles. The first kappa shape index (κ1) is 11.6. The molecule has 16 heavy (non-hydrogen) atoms. The molecule has 2 rings (SSSR count). The summed E-state index contributed by atoms with van der Waals surface area (Å²) in [6, 6.07) is 8.01. The number of hydrogen-bond donors (Lipinski definition) is 1. The van der Waals surface area contributed by atoms with Crippen LogP contribution in [0.15, 0.2) is 24.3 Å². The predicted molar refractivity (Wildman–Crippen MR) is 65.3 cm³/mol. The molecular weight excluding hydrogens is 201 g/mol. The molecule has 0 aromatic heterocycles. The van der Waals surface area contributed by atoms with Crippen LogP contribution >= 0.6 is 0 Å². The van der Waals surface area contributed by atoms with Crippen molar-refractivity contribution in [2.75, 3.05) is 6.54 Å². The first-order chi connectivity index (χ1) is 7.81. The zero-order valence-corrected chi connectivity index (χ0v) is 9.88. The van der Waals surface area contributed by atoms with E-state index in [1.54, 1.807) is 0 Å². The van der Waals surface area contributed by atoms with E-state index in [-0.39, 0.29) is 6.04 Å². The molecule has 1 nitrogen and oxygen atoms in total. The molecule has 2 heteroatoms. The van der Waals surface area contributed by atoms with Gasteiger partial charge in [0.1, 0.15) is 6.17 Å². The first-order valence-corrected chi connectivity index (χ1v) is 6.27. The van der Waals surface area contributed by atoms with Crippen LogP contribution in [-0.4, -0.2) is 12.6 Å². The Morgan fingerprint density at radius 1 is 1.50 bits per heavy atom. The summed E-state index contributed by atoms with van der Waals surface area (Å²) in [5.41, 5.74) is 2.09. The molecule has 1 aliphatic heterocycles. The zero-order chi connectivity index (χ0) is 11.4. The summed E-state index contributed by atoms with van der Waals surface area (Å²) in [4.78, 5) is 0. The number of alkyl halides is 1. The standard InChI is InChI=1S/C14H20FN/c1-2-5-11-6-3-7-12(10-11)14(15)13-8-4-9-16-13/h3,6-7,10,13-14,16H,2,4-5,8-9H2,1H3. The van der Waals surface area contributed by atoms with Crippen LogP contribution in [0.4, 0.5) is 4.39 Å². The predicted octanol–water partition coefficient (Wildman–Crippen LogP) is 3.40. The molecule has 1 saturated heterocycles. The highest BCUT2D eigenvalue weighted by Gasteiger charge is 2.25. The minimum Gasteiger partial charge on any atom is -0.311 e. The third-order valence-electron chi connectivity index (χ3n) is 3.26. The minimum atomic E-state index is -0.848. The van der Waals surface area contributed by atoms with Crippen LogP contribution in [-0.2, 0) is 6.42 Å². The smallest absolute Gasteiger partial charge is 0.140 e. The van der Waals surface area contributed by atoms with Gasteiger partial charge in [0, 0.05) is 6.04 Å². The first-order valence-electron chi connectivity index (χ1n) is 6.27. The van der Waals surface area contributed by atoms with Gasteiger partial charge in [-0.25, -0.2) is 4.39 Å². The lowest BCUT2D eigenvalue weighted by molar-refractivity contribution is 0.271. The summed E-state index contributed by atoms with van der Waals surface area (Å²) < 4.78 is 14.2. The lowest BCUT2D eigenvalue weighted by atomic mass is 9.99. The third-order valence-corrected chi connectivity index (χ3v) is 3.26. The SMILES string of the molecule is CCCc1cccc(C(F)C2CCCN2)c1. The van der Waals surface area contributed by atoms with E-state index < -0.39 is 6.17 Å². The lowest BCUT2D eigenvalue weighted by Crippen LogP contribution is -2.26. The number of rotatable bonds is 4. The van der Waals surface area contributed by atoms with E-state index in [0.717, 1.165) is 37.8 Å². The quantitative estimate of drug-likeness (QED) is 0.821. The average Bonchev–Trinajstić information content (AvgIpc) is 2.82. The molecule has 1 heterocycles. The van der Waals surface area contributed by atoms with Gasteiger partial charge in [-0.3, -0.25) is 0 Å². The van der Waals surface area contributed by atoms with Crippen molar-refractivity contribution in [2.24, 2.45) is 0 Å². The Hall–Kier alpha value is -0.890. The Labute approximate surface area is 97.1 Å². The second-order valence-electron chi connectivity index (χ2n) is 4.60. The van der Waals surface area contributed by atoms with E-state index in [4.69, 9.17) is 0 Å². The Kier molecular flexibility index (Phi) is 3.94. The van der Waals surface area contributed by atoms with Crippen LogP contribution in [0, 0.1) is 0 Å². The van der Waals surface area contributed by atoms with Gasteiger partial charge in [-0.05, 0) is 36.9 Å². The normalized spacial score (nSPS) is 22.2. The number of benzene rings is 1. The number of halogens is 1. The van der Waals surface area contributed by atoms with Crippen LogP contribution in [0.3, 0.4) is 0 Å². The van der Waals surface area contributed by atoms with E-state index in [1.165, 1.54) is 5.56 Å². The van der Waals surface area contributed by atoms with Crippen molar-refractivity contribution in [1.29, 1.82) is 0 Å². The van der Waals surface area contributed by atoms with Crippen LogP contribution < -0.4 is 5.32 Å². The van der Waals surface area contributed by atoms with Crippen LogP contribution in [0.25, 0.3) is 0 Å². The second kappa shape index (κ2) is 5.44. The van der Waals surface area contributed by atoms with Gasteiger partial charge in [0.05, 0.1) is 0 Å². The van der Waals surface area contributed by atoms with Crippen molar-refractivity contribution in [1.82, 2.24) is 5.32 Å². The fourth-order valence-electron chi connectivity index (χ4n) is 2.40. The Balaban J connectivity index is 2.09. The molecule has 2 unspecified atom stereocenters. The van der Waals surface area contributed by atoms with Gasteiger partial charge in [0.15, 0.2) is 0 Å². The van der Waals surface area contributed by atoms with Crippen molar-refractivity contribution in [3.05, 3.63) is 35.4 Å². The molecule has 88 valence electrons. The minimum absolute atomic E-state index is 0.0249. The highest BCUT2D eigenvalue weighted by Crippen LogP contribution is 2.27. The fourth-order valence-corrected chi connectivity index (χ4v) is 2.40. The van der Waals surface area contributed by atoms with Crippen molar-refractivity contribution < 1.29 is 4.39 Å². The van der Waals surface area contributed by atoms with Crippen molar-refractivity contribution in [3.63, 3.8) is 0 Å². The monoisotopic (exact) mass is 221 g/mol. The van der Waals surface area contributed by atoms with Gasteiger partial charge < -0.3 is 5.32 Å². The van der Waals surface area contributed by atoms with Gasteiger partial charge in [0.2, 0.25) is 0 Å². The summed E-state index contributed by atoms with van der Waals surface area (Å²) in [6.07, 6.45) is 3.36. The molecule has 0 radical (unpaired) electrons. The van der Waals surface area contributed by atoms with Crippen molar-refractivity contribution in [3.8, 4) is 0 Å². The molecule has 0 bridgehead atoms.